The fourth-order valence-electron chi connectivity index (χ4n) is 2.68. The van der Waals surface area contributed by atoms with Crippen LogP contribution < -0.4 is 10.1 Å². The van der Waals surface area contributed by atoms with Crippen LogP contribution in [0.4, 0.5) is 11.4 Å². The van der Waals surface area contributed by atoms with Gasteiger partial charge in [-0.25, -0.2) is 4.99 Å². The van der Waals surface area contributed by atoms with Crippen molar-refractivity contribution in [1.82, 2.24) is 4.90 Å². The van der Waals surface area contributed by atoms with E-state index in [0.717, 1.165) is 11.3 Å². The molecule has 152 valence electrons. The van der Waals surface area contributed by atoms with Crippen molar-refractivity contribution in [3.63, 3.8) is 0 Å². The molecule has 0 saturated carbocycles. The van der Waals surface area contributed by atoms with E-state index in [0.29, 0.717) is 28.2 Å². The third kappa shape index (κ3) is 5.31. The Bertz CT molecular complexity index is 947. The molecule has 0 aromatic heterocycles. The van der Waals surface area contributed by atoms with Crippen LogP contribution >= 0.6 is 23.4 Å². The largest absolute Gasteiger partial charge is 0.494 e. The van der Waals surface area contributed by atoms with Crippen LogP contribution in [0.25, 0.3) is 0 Å². The molecule has 8 heteroatoms. The lowest BCUT2D eigenvalue weighted by atomic mass is 10.2. The highest BCUT2D eigenvalue weighted by Crippen LogP contribution is 2.30. The molecule has 1 unspecified atom stereocenters. The van der Waals surface area contributed by atoms with Crippen molar-refractivity contribution in [2.24, 2.45) is 4.99 Å². The molecular formula is C21H22ClN3O3S. The SMILES string of the molecule is CCOc1ccc(NC(=O)C2CC(=O)N(C)C(=Nc3ccc(C)c(Cl)c3)S2)cc1. The molecule has 1 atom stereocenters. The van der Waals surface area contributed by atoms with Gasteiger partial charge in [0.1, 0.15) is 11.0 Å². The van der Waals surface area contributed by atoms with E-state index in [9.17, 15) is 9.59 Å². The molecule has 3 rings (SSSR count). The third-order valence-corrected chi connectivity index (χ3v) is 6.02. The van der Waals surface area contributed by atoms with E-state index >= 15 is 0 Å². The van der Waals surface area contributed by atoms with Crippen molar-refractivity contribution < 1.29 is 14.3 Å². The second-order valence-electron chi connectivity index (χ2n) is 6.54. The molecule has 1 aliphatic rings. The number of hydrogen-bond acceptors (Lipinski definition) is 5. The summed E-state index contributed by atoms with van der Waals surface area (Å²) < 4.78 is 5.40. The van der Waals surface area contributed by atoms with Crippen LogP contribution in [-0.2, 0) is 9.59 Å². The highest BCUT2D eigenvalue weighted by molar-refractivity contribution is 8.15. The molecule has 6 nitrogen and oxygen atoms in total. The number of thioether (sulfide) groups is 1. The summed E-state index contributed by atoms with van der Waals surface area (Å²) in [6.07, 6.45) is 0.109. The number of nitrogens with one attached hydrogen (secondary N) is 1. The lowest BCUT2D eigenvalue weighted by Gasteiger charge is -2.28. The second kappa shape index (κ2) is 9.33. The van der Waals surface area contributed by atoms with Gasteiger partial charge in [0.05, 0.1) is 12.3 Å². The van der Waals surface area contributed by atoms with Gasteiger partial charge in [-0.05, 0) is 55.8 Å². The van der Waals surface area contributed by atoms with Gasteiger partial charge >= 0.3 is 0 Å². The predicted octanol–water partition coefficient (Wildman–Crippen LogP) is 4.64. The first-order valence-electron chi connectivity index (χ1n) is 9.19. The van der Waals surface area contributed by atoms with Crippen molar-refractivity contribution in [1.29, 1.82) is 0 Å². The number of aliphatic imine (C=N–C) groups is 1. The molecule has 0 spiro atoms. The number of nitrogens with zero attached hydrogens (tertiary/aromatic N) is 2. The minimum Gasteiger partial charge on any atom is -0.494 e. The summed E-state index contributed by atoms with van der Waals surface area (Å²) in [5.74, 6) is 0.336. The zero-order valence-corrected chi connectivity index (χ0v) is 18.0. The normalized spacial score (nSPS) is 18.1. The molecule has 2 aromatic rings. The summed E-state index contributed by atoms with van der Waals surface area (Å²) >= 11 is 7.43. The number of amidine groups is 1. The number of halogens is 1. The van der Waals surface area contributed by atoms with Crippen molar-refractivity contribution in [2.75, 3.05) is 19.0 Å². The van der Waals surface area contributed by atoms with Gasteiger partial charge in [-0.15, -0.1) is 0 Å². The average Bonchev–Trinajstić information content (AvgIpc) is 2.69. The van der Waals surface area contributed by atoms with Crippen LogP contribution in [0.2, 0.25) is 5.02 Å². The number of aryl methyl sites for hydroxylation is 1. The predicted molar refractivity (Wildman–Crippen MR) is 118 cm³/mol. The highest BCUT2D eigenvalue weighted by atomic mass is 35.5. The van der Waals surface area contributed by atoms with E-state index in [1.165, 1.54) is 16.7 Å². The number of carbonyl (C=O) groups excluding carboxylic acids is 2. The first-order chi connectivity index (χ1) is 13.9. The average molecular weight is 432 g/mol. The smallest absolute Gasteiger partial charge is 0.238 e. The number of benzene rings is 2. The van der Waals surface area contributed by atoms with Crippen LogP contribution in [0.5, 0.6) is 5.75 Å². The molecule has 1 N–H and O–H groups in total. The van der Waals surface area contributed by atoms with E-state index in [2.05, 4.69) is 10.3 Å². The Balaban J connectivity index is 1.74. The van der Waals surface area contributed by atoms with Crippen LogP contribution in [0, 0.1) is 6.92 Å². The standard InChI is InChI=1S/C21H22ClN3O3S/c1-4-28-16-9-7-14(8-10-16)23-20(27)18-12-19(26)25(3)21(29-18)24-15-6-5-13(2)17(22)11-15/h5-11,18H,4,12H2,1-3H3,(H,23,27). The van der Waals surface area contributed by atoms with Crippen molar-refractivity contribution in [2.45, 2.75) is 25.5 Å². The minimum absolute atomic E-state index is 0.109. The maximum absolute atomic E-state index is 12.7. The highest BCUT2D eigenvalue weighted by Gasteiger charge is 2.34. The maximum atomic E-state index is 12.7. The molecular weight excluding hydrogens is 410 g/mol. The number of rotatable bonds is 5. The van der Waals surface area contributed by atoms with Gasteiger partial charge in [-0.2, -0.15) is 0 Å². The quantitative estimate of drug-likeness (QED) is 0.748. The Morgan fingerprint density at radius 2 is 2.03 bits per heavy atom. The van der Waals surface area contributed by atoms with Gasteiger partial charge in [-0.3, -0.25) is 14.5 Å². The van der Waals surface area contributed by atoms with E-state index in [-0.39, 0.29) is 18.2 Å². The summed E-state index contributed by atoms with van der Waals surface area (Å²) in [4.78, 5) is 31.1. The Morgan fingerprint density at radius 3 is 2.69 bits per heavy atom. The molecule has 1 saturated heterocycles. The molecule has 29 heavy (non-hydrogen) atoms. The molecule has 0 aliphatic carbocycles. The number of ether oxygens (including phenoxy) is 1. The monoisotopic (exact) mass is 431 g/mol. The Hall–Kier alpha value is -2.51. The lowest BCUT2D eigenvalue weighted by molar-refractivity contribution is -0.128. The van der Waals surface area contributed by atoms with E-state index < -0.39 is 5.25 Å². The van der Waals surface area contributed by atoms with Crippen molar-refractivity contribution >= 4 is 51.7 Å². The van der Waals surface area contributed by atoms with Gasteiger partial charge in [-0.1, -0.05) is 29.4 Å². The fraction of sp³-hybridized carbons (Fsp3) is 0.286. The van der Waals surface area contributed by atoms with E-state index in [1.54, 1.807) is 37.4 Å². The number of amides is 2. The number of anilines is 1. The Kier molecular flexibility index (Phi) is 6.82. The first kappa shape index (κ1) is 21.2. The summed E-state index contributed by atoms with van der Waals surface area (Å²) in [5.41, 5.74) is 2.23. The second-order valence-corrected chi connectivity index (χ2v) is 8.11. The van der Waals surface area contributed by atoms with Gasteiger partial charge in [0, 0.05) is 24.2 Å². The third-order valence-electron chi connectivity index (χ3n) is 4.37. The minimum atomic E-state index is -0.565. The summed E-state index contributed by atoms with van der Waals surface area (Å²) in [5, 5.41) is 3.36. The topological polar surface area (TPSA) is 71.0 Å². The molecule has 2 aromatic carbocycles. The molecule has 1 fully saturated rings. The summed E-state index contributed by atoms with van der Waals surface area (Å²) in [6, 6.07) is 12.6. The zero-order valence-electron chi connectivity index (χ0n) is 16.4. The molecule has 0 radical (unpaired) electrons. The van der Waals surface area contributed by atoms with Crippen LogP contribution in [0.15, 0.2) is 47.5 Å². The van der Waals surface area contributed by atoms with E-state index in [1.807, 2.05) is 26.0 Å². The molecule has 2 amide bonds. The Morgan fingerprint density at radius 1 is 1.31 bits per heavy atom. The summed E-state index contributed by atoms with van der Waals surface area (Å²) in [6.45, 7) is 4.40. The van der Waals surface area contributed by atoms with Crippen LogP contribution in [0.3, 0.4) is 0 Å². The zero-order chi connectivity index (χ0) is 21.0. The fourth-order valence-corrected chi connectivity index (χ4v) is 3.92. The van der Waals surface area contributed by atoms with E-state index in [4.69, 9.17) is 16.3 Å². The van der Waals surface area contributed by atoms with Crippen molar-refractivity contribution in [3.8, 4) is 5.75 Å². The lowest BCUT2D eigenvalue weighted by Crippen LogP contribution is -2.43. The van der Waals surface area contributed by atoms with Gasteiger partial charge in [0.25, 0.3) is 0 Å². The van der Waals surface area contributed by atoms with Gasteiger partial charge < -0.3 is 10.1 Å². The van der Waals surface area contributed by atoms with Crippen molar-refractivity contribution in [3.05, 3.63) is 53.1 Å². The van der Waals surface area contributed by atoms with Crippen LogP contribution in [0.1, 0.15) is 18.9 Å². The Labute approximate surface area is 179 Å². The number of carbonyl (C=O) groups is 2. The first-order valence-corrected chi connectivity index (χ1v) is 10.4. The number of hydrogen-bond donors (Lipinski definition) is 1. The summed E-state index contributed by atoms with van der Waals surface area (Å²) in [7, 11) is 1.66. The van der Waals surface area contributed by atoms with Gasteiger partial charge in [0.2, 0.25) is 11.8 Å². The maximum Gasteiger partial charge on any atom is 0.238 e. The van der Waals surface area contributed by atoms with Crippen LogP contribution in [-0.4, -0.2) is 40.8 Å². The van der Waals surface area contributed by atoms with Gasteiger partial charge in [0.15, 0.2) is 5.17 Å². The molecule has 0 bridgehead atoms. The molecule has 1 aliphatic heterocycles. The molecule has 1 heterocycles.